The summed E-state index contributed by atoms with van der Waals surface area (Å²) in [4.78, 5) is 60.6. The zero-order valence-electron chi connectivity index (χ0n) is 32.2. The van der Waals surface area contributed by atoms with Gasteiger partial charge in [0, 0.05) is 48.2 Å². The highest BCUT2D eigenvalue weighted by atomic mass is 16.6. The van der Waals surface area contributed by atoms with Crippen molar-refractivity contribution in [3.05, 3.63) is 49.2 Å². The zero-order valence-corrected chi connectivity index (χ0v) is 32.2. The number of methoxy groups -OCH3 is 1. The molecule has 55 heavy (non-hydrogen) atoms. The van der Waals surface area contributed by atoms with Crippen LogP contribution in [0, 0.1) is 23.2 Å². The number of nitrogens with zero attached hydrogens (tertiary/aromatic N) is 4. The topological polar surface area (TPSA) is 186 Å². The molecule has 3 amide bonds. The minimum Gasteiger partial charge on any atom is -0.497 e. The van der Waals surface area contributed by atoms with E-state index < -0.39 is 58.9 Å². The van der Waals surface area contributed by atoms with Crippen LogP contribution >= 0.6 is 0 Å². The van der Waals surface area contributed by atoms with E-state index in [9.17, 15) is 24.3 Å². The summed E-state index contributed by atoms with van der Waals surface area (Å²) >= 11 is 0. The molecule has 0 bridgehead atoms. The van der Waals surface area contributed by atoms with E-state index in [4.69, 9.17) is 19.2 Å². The molecule has 3 saturated carbocycles. The molecule has 1 aliphatic heterocycles. The summed E-state index contributed by atoms with van der Waals surface area (Å²) in [6.07, 6.45) is 4.79. The molecule has 2 unspecified atom stereocenters. The summed E-state index contributed by atoms with van der Waals surface area (Å²) in [6, 6.07) is 7.00. The van der Waals surface area contributed by atoms with Crippen molar-refractivity contribution in [2.75, 3.05) is 19.0 Å². The van der Waals surface area contributed by atoms with Crippen molar-refractivity contribution in [2.24, 2.45) is 23.2 Å². The molecule has 15 nitrogen and oxygen atoms in total. The van der Waals surface area contributed by atoms with E-state index in [-0.39, 0.29) is 31.5 Å². The predicted molar refractivity (Wildman–Crippen MR) is 203 cm³/mol. The number of anilines is 1. The van der Waals surface area contributed by atoms with Crippen molar-refractivity contribution in [1.29, 1.82) is 0 Å². The van der Waals surface area contributed by atoms with Gasteiger partial charge in [-0.3, -0.25) is 9.59 Å². The van der Waals surface area contributed by atoms with Crippen LogP contribution in [0.25, 0.3) is 16.7 Å². The van der Waals surface area contributed by atoms with E-state index in [1.807, 2.05) is 46.8 Å². The number of nitrogens with one attached hydrogen (secondary N) is 3. The zero-order chi connectivity index (χ0) is 39.4. The maximum Gasteiger partial charge on any atom is 0.408 e. The molecule has 7 rings (SSSR count). The average molecular weight is 758 g/mol. The van der Waals surface area contributed by atoms with Crippen LogP contribution < -0.4 is 25.4 Å². The number of carboxylic acids is 1. The van der Waals surface area contributed by atoms with Crippen LogP contribution in [0.1, 0.15) is 66.7 Å². The highest BCUT2D eigenvalue weighted by Crippen LogP contribution is 2.52. The first-order chi connectivity index (χ1) is 26.1. The van der Waals surface area contributed by atoms with Gasteiger partial charge in [0.1, 0.15) is 47.1 Å². The monoisotopic (exact) mass is 757 g/mol. The van der Waals surface area contributed by atoms with Gasteiger partial charge in [-0.25, -0.2) is 19.3 Å². The number of hydrogen-bond acceptors (Lipinski definition) is 10. The van der Waals surface area contributed by atoms with Crippen molar-refractivity contribution >= 4 is 40.6 Å². The minimum absolute atomic E-state index is 0.0172. The Morgan fingerprint density at radius 1 is 1.05 bits per heavy atom. The SMILES string of the molecule is C=C[C@@H]1C[C@]1(NC(=O)[C@@H]1C[C@@H](Oc2cc(-n3ccc(NC(C)C)n3)nc3cc(OC)ccc23)CN1C(=O)C(NC(=O)OC1C[C@@H]2C[C@@H]2C1)C(C)(C)C)C(=O)O. The van der Waals surface area contributed by atoms with Gasteiger partial charge < -0.3 is 40.2 Å². The van der Waals surface area contributed by atoms with Crippen LogP contribution in [0.2, 0.25) is 0 Å². The van der Waals surface area contributed by atoms with Crippen molar-refractivity contribution in [3.63, 3.8) is 0 Å². The molecule has 1 saturated heterocycles. The number of alkyl carbamates (subject to hydrolysis) is 1. The van der Waals surface area contributed by atoms with Crippen molar-refractivity contribution in [3.8, 4) is 17.3 Å². The molecule has 1 aromatic carbocycles. The number of ether oxygens (including phenoxy) is 3. The number of carbonyl (C=O) groups excluding carboxylic acids is 3. The van der Waals surface area contributed by atoms with Gasteiger partial charge in [0.15, 0.2) is 5.82 Å². The van der Waals surface area contributed by atoms with Crippen LogP contribution in [0.5, 0.6) is 11.5 Å². The van der Waals surface area contributed by atoms with E-state index in [1.165, 1.54) is 17.4 Å². The van der Waals surface area contributed by atoms with E-state index in [1.54, 1.807) is 36.2 Å². The first kappa shape index (κ1) is 38.0. The van der Waals surface area contributed by atoms with Crippen LogP contribution in [-0.2, 0) is 19.1 Å². The van der Waals surface area contributed by atoms with Crippen molar-refractivity contribution < 1.29 is 38.5 Å². The second kappa shape index (κ2) is 14.4. The van der Waals surface area contributed by atoms with Gasteiger partial charge >= 0.3 is 12.1 Å². The summed E-state index contributed by atoms with van der Waals surface area (Å²) in [5.41, 5.74) is -1.71. The summed E-state index contributed by atoms with van der Waals surface area (Å²) in [5, 5.41) is 24.2. The lowest BCUT2D eigenvalue weighted by Crippen LogP contribution is -2.59. The molecule has 0 radical (unpaired) electrons. The Labute approximate surface area is 320 Å². The number of carbonyl (C=O) groups is 4. The Bertz CT molecular complexity index is 2000. The lowest BCUT2D eigenvalue weighted by molar-refractivity contribution is -0.146. The molecule has 15 heteroatoms. The lowest BCUT2D eigenvalue weighted by atomic mass is 9.85. The summed E-state index contributed by atoms with van der Waals surface area (Å²) in [7, 11) is 1.57. The van der Waals surface area contributed by atoms with Crippen LogP contribution in [0.3, 0.4) is 0 Å². The van der Waals surface area contributed by atoms with Gasteiger partial charge in [0.2, 0.25) is 11.8 Å². The molecule has 4 fully saturated rings. The van der Waals surface area contributed by atoms with E-state index in [0.29, 0.717) is 45.9 Å². The Balaban J connectivity index is 1.19. The minimum atomic E-state index is -1.51. The number of benzene rings is 1. The number of hydrogen-bond donors (Lipinski definition) is 4. The Morgan fingerprint density at radius 3 is 2.44 bits per heavy atom. The molecular formula is C40H51N7O8. The summed E-state index contributed by atoms with van der Waals surface area (Å²) in [6.45, 7) is 13.2. The Kier molecular flexibility index (Phi) is 9.93. The van der Waals surface area contributed by atoms with Gasteiger partial charge in [-0.05, 0) is 68.9 Å². The normalized spacial score (nSPS) is 27.2. The molecule has 4 N–H and O–H groups in total. The second-order valence-corrected chi connectivity index (χ2v) is 16.8. The highest BCUT2D eigenvalue weighted by Gasteiger charge is 2.61. The molecule has 0 spiro atoms. The van der Waals surface area contributed by atoms with Crippen molar-refractivity contribution in [1.82, 2.24) is 30.3 Å². The van der Waals surface area contributed by atoms with Gasteiger partial charge in [-0.1, -0.05) is 26.8 Å². The Morgan fingerprint density at radius 2 is 1.80 bits per heavy atom. The smallest absolute Gasteiger partial charge is 0.408 e. The largest absolute Gasteiger partial charge is 0.497 e. The number of carboxylic acid groups (broad SMARTS) is 1. The van der Waals surface area contributed by atoms with E-state index >= 15 is 0 Å². The molecule has 8 atom stereocenters. The first-order valence-electron chi connectivity index (χ1n) is 19.0. The molecule has 3 heterocycles. The number of likely N-dealkylation sites (tertiary alicyclic amines) is 1. The van der Waals surface area contributed by atoms with Crippen molar-refractivity contribution in [2.45, 2.75) is 103 Å². The standard InChI is InChI=1S/C40H51N7O8/c1-8-24-19-40(24,37(50)51)44-35(48)30-17-27(20-46(30)36(49)34(39(4,5)6)43-38(52)55-26-14-22-13-23(22)15-26)54-31-18-33(47-12-11-32(45-47)41-21(2)3)42-29-16-25(53-7)9-10-28(29)31/h8-12,16,18,21-24,26-27,30,34H,1,13-15,17,19-20H2,2-7H3,(H,41,45)(H,43,52)(H,44,48)(H,50,51)/t22-,23+,24-,26?,27-,30+,34?,40-/m1/s1. The fourth-order valence-corrected chi connectivity index (χ4v) is 8.08. The molecule has 3 aliphatic carbocycles. The molecule has 294 valence electrons. The van der Waals surface area contributed by atoms with Gasteiger partial charge in [0.05, 0.1) is 19.2 Å². The Hall–Kier alpha value is -5.34. The number of fused-ring (bicyclic) bond motifs is 2. The highest BCUT2D eigenvalue weighted by molar-refractivity contribution is 5.96. The van der Waals surface area contributed by atoms with Crippen LogP contribution in [-0.4, -0.2) is 98.2 Å². The van der Waals surface area contributed by atoms with Gasteiger partial charge in [-0.2, -0.15) is 0 Å². The maximum absolute atomic E-state index is 14.6. The third kappa shape index (κ3) is 7.78. The number of rotatable bonds is 13. The quantitative estimate of drug-likeness (QED) is 0.178. The first-order valence-corrected chi connectivity index (χ1v) is 19.0. The molecular weight excluding hydrogens is 706 g/mol. The van der Waals surface area contributed by atoms with Gasteiger partial charge in [-0.15, -0.1) is 11.7 Å². The number of pyridine rings is 1. The van der Waals surface area contributed by atoms with E-state index in [2.05, 4.69) is 27.6 Å². The summed E-state index contributed by atoms with van der Waals surface area (Å²) in [5.74, 6) is 0.624. The van der Waals surface area contributed by atoms with Crippen LogP contribution in [0.15, 0.2) is 49.2 Å². The fraction of sp³-hybridized carbons (Fsp3) is 0.550. The van der Waals surface area contributed by atoms with Crippen LogP contribution in [0.4, 0.5) is 10.6 Å². The van der Waals surface area contributed by atoms with E-state index in [0.717, 1.165) is 12.8 Å². The third-order valence-corrected chi connectivity index (χ3v) is 11.2. The second-order valence-electron chi connectivity index (χ2n) is 16.8. The summed E-state index contributed by atoms with van der Waals surface area (Å²) < 4.78 is 19.5. The fourth-order valence-electron chi connectivity index (χ4n) is 8.08. The molecule has 3 aromatic rings. The number of amides is 3. The maximum atomic E-state index is 14.6. The predicted octanol–water partition coefficient (Wildman–Crippen LogP) is 4.68. The number of aliphatic carboxylic acids is 1. The third-order valence-electron chi connectivity index (χ3n) is 11.2. The molecule has 4 aliphatic rings. The lowest BCUT2D eigenvalue weighted by Gasteiger charge is -2.35. The average Bonchev–Trinajstić information content (AvgIpc) is 3.79. The van der Waals surface area contributed by atoms with Gasteiger partial charge in [0.25, 0.3) is 0 Å². The number of aromatic nitrogens is 3. The molecule has 2 aromatic heterocycles.